The van der Waals surface area contributed by atoms with E-state index in [0.29, 0.717) is 23.9 Å². The molecule has 1 unspecified atom stereocenters. The first-order chi connectivity index (χ1) is 11.8. The van der Waals surface area contributed by atoms with Gasteiger partial charge in [0.1, 0.15) is 11.9 Å². The van der Waals surface area contributed by atoms with Crippen LogP contribution in [0.2, 0.25) is 0 Å². The Labute approximate surface area is 141 Å². The van der Waals surface area contributed by atoms with Crippen molar-refractivity contribution in [1.29, 1.82) is 0 Å². The Bertz CT molecular complexity index is 883. The molecule has 4 nitrogen and oxygen atoms in total. The smallest absolute Gasteiger partial charge is 0.120 e. The standard InChI is InChI=1S/C20H22N2O2/c1-3-10-8-22-16-7-13(10)14-9-24-20(19(14)22)17-12-5-4-11(23-2)6-15(12)21-18(16)17/h3-6,13-14,16,19-21H,7-9H2,1-2H3/b10-3+/t13-,14-,16-,19+,20+/m0/s1. The Kier molecular flexibility index (Phi) is 2.50. The summed E-state index contributed by atoms with van der Waals surface area (Å²) in [4.78, 5) is 6.44. The minimum absolute atomic E-state index is 0.226. The predicted molar refractivity (Wildman–Crippen MR) is 92.1 cm³/mol. The number of methoxy groups -OCH3 is 1. The van der Waals surface area contributed by atoms with E-state index in [-0.39, 0.29) is 6.10 Å². The number of H-pyrrole nitrogens is 1. The molecule has 1 N–H and O–H groups in total. The maximum Gasteiger partial charge on any atom is 0.120 e. The molecule has 1 aromatic carbocycles. The first-order valence-electron chi connectivity index (χ1n) is 9.02. The molecule has 6 atom stereocenters. The zero-order valence-corrected chi connectivity index (χ0v) is 14.1. The average Bonchev–Trinajstić information content (AvgIpc) is 3.23. The fourth-order valence-electron chi connectivity index (χ4n) is 5.90. The first kappa shape index (κ1) is 13.5. The molecular formula is C20H22N2O2. The van der Waals surface area contributed by atoms with Gasteiger partial charge in [-0.2, -0.15) is 0 Å². The van der Waals surface area contributed by atoms with Gasteiger partial charge in [-0.25, -0.2) is 0 Å². The van der Waals surface area contributed by atoms with E-state index in [1.54, 1.807) is 12.7 Å². The second-order valence-electron chi connectivity index (χ2n) is 7.67. The minimum Gasteiger partial charge on any atom is -0.497 e. The zero-order chi connectivity index (χ0) is 16.0. The van der Waals surface area contributed by atoms with Crippen molar-refractivity contribution in [2.45, 2.75) is 31.5 Å². The van der Waals surface area contributed by atoms with E-state index in [1.165, 1.54) is 28.6 Å². The molecule has 4 fully saturated rings. The molecule has 4 heteroatoms. The van der Waals surface area contributed by atoms with Gasteiger partial charge in [-0.15, -0.1) is 0 Å². The lowest BCUT2D eigenvalue weighted by Crippen LogP contribution is -2.59. The normalized spacial score (nSPS) is 40.3. The summed E-state index contributed by atoms with van der Waals surface area (Å²) in [5.41, 5.74) is 5.61. The third kappa shape index (κ3) is 1.43. The fourth-order valence-corrected chi connectivity index (χ4v) is 5.90. The van der Waals surface area contributed by atoms with Crippen molar-refractivity contribution in [3.05, 3.63) is 41.1 Å². The van der Waals surface area contributed by atoms with Crippen molar-refractivity contribution in [2.24, 2.45) is 11.8 Å². The Morgan fingerprint density at radius 3 is 3.12 bits per heavy atom. The van der Waals surface area contributed by atoms with Gasteiger partial charge in [0, 0.05) is 46.7 Å². The summed E-state index contributed by atoms with van der Waals surface area (Å²) in [6.07, 6.45) is 3.80. The van der Waals surface area contributed by atoms with Crippen molar-refractivity contribution < 1.29 is 9.47 Å². The lowest BCUT2D eigenvalue weighted by atomic mass is 9.64. The maximum absolute atomic E-state index is 6.39. The summed E-state index contributed by atoms with van der Waals surface area (Å²) >= 11 is 0. The van der Waals surface area contributed by atoms with Crippen LogP contribution in [0.5, 0.6) is 5.75 Å². The number of rotatable bonds is 1. The first-order valence-corrected chi connectivity index (χ1v) is 9.02. The van der Waals surface area contributed by atoms with Crippen molar-refractivity contribution in [3.8, 4) is 5.75 Å². The highest BCUT2D eigenvalue weighted by atomic mass is 16.5. The third-order valence-corrected chi connectivity index (χ3v) is 6.90. The van der Waals surface area contributed by atoms with Gasteiger partial charge >= 0.3 is 0 Å². The van der Waals surface area contributed by atoms with E-state index in [4.69, 9.17) is 9.47 Å². The van der Waals surface area contributed by atoms with Gasteiger partial charge in [-0.1, -0.05) is 11.6 Å². The number of fused-ring (bicyclic) bond motifs is 5. The summed E-state index contributed by atoms with van der Waals surface area (Å²) in [5, 5.41) is 1.32. The topological polar surface area (TPSA) is 37.5 Å². The van der Waals surface area contributed by atoms with E-state index >= 15 is 0 Å². The van der Waals surface area contributed by atoms with Crippen LogP contribution < -0.4 is 4.74 Å². The second-order valence-corrected chi connectivity index (χ2v) is 7.67. The van der Waals surface area contributed by atoms with E-state index in [0.717, 1.165) is 18.9 Å². The molecule has 2 aromatic rings. The van der Waals surface area contributed by atoms with Crippen LogP contribution in [0.1, 0.15) is 36.7 Å². The second kappa shape index (κ2) is 4.44. The number of nitrogens with one attached hydrogen (secondary N) is 1. The van der Waals surface area contributed by atoms with Crippen molar-refractivity contribution in [1.82, 2.24) is 9.88 Å². The Hall–Kier alpha value is -1.78. The third-order valence-electron chi connectivity index (χ3n) is 6.90. The Balaban J connectivity index is 1.59. The number of hydrogen-bond donors (Lipinski definition) is 1. The molecule has 0 radical (unpaired) electrons. The van der Waals surface area contributed by atoms with Crippen LogP contribution in [0.3, 0.4) is 0 Å². The average molecular weight is 322 g/mol. The molecule has 124 valence electrons. The van der Waals surface area contributed by atoms with Crippen LogP contribution in [0.4, 0.5) is 0 Å². The van der Waals surface area contributed by atoms with Gasteiger partial charge in [0.05, 0.1) is 19.8 Å². The lowest BCUT2D eigenvalue weighted by Gasteiger charge is -2.56. The monoisotopic (exact) mass is 322 g/mol. The van der Waals surface area contributed by atoms with Crippen LogP contribution in [0, 0.1) is 11.8 Å². The van der Waals surface area contributed by atoms with Gasteiger partial charge in [0.15, 0.2) is 0 Å². The molecular weight excluding hydrogens is 300 g/mol. The molecule has 1 aromatic heterocycles. The molecule has 0 saturated carbocycles. The van der Waals surface area contributed by atoms with Crippen LogP contribution >= 0.6 is 0 Å². The number of allylic oxidation sites excluding steroid dienone is 1. The van der Waals surface area contributed by atoms with Crippen LogP contribution in [0.15, 0.2) is 29.8 Å². The Morgan fingerprint density at radius 1 is 1.38 bits per heavy atom. The van der Waals surface area contributed by atoms with Crippen molar-refractivity contribution in [3.63, 3.8) is 0 Å². The molecule has 5 aliphatic rings. The molecule has 0 spiro atoms. The molecule has 4 bridgehead atoms. The summed E-state index contributed by atoms with van der Waals surface area (Å²) in [5.74, 6) is 2.28. The summed E-state index contributed by atoms with van der Waals surface area (Å²) < 4.78 is 11.8. The highest BCUT2D eigenvalue weighted by Gasteiger charge is 2.59. The molecule has 0 aliphatic carbocycles. The van der Waals surface area contributed by atoms with E-state index in [1.807, 2.05) is 0 Å². The van der Waals surface area contributed by atoms with Gasteiger partial charge < -0.3 is 14.5 Å². The molecule has 24 heavy (non-hydrogen) atoms. The number of aromatic nitrogens is 1. The number of aromatic amines is 1. The zero-order valence-electron chi connectivity index (χ0n) is 14.1. The largest absolute Gasteiger partial charge is 0.497 e. The van der Waals surface area contributed by atoms with Gasteiger partial charge in [-0.05, 0) is 31.4 Å². The molecule has 5 aliphatic heterocycles. The van der Waals surface area contributed by atoms with Gasteiger partial charge in [0.25, 0.3) is 0 Å². The summed E-state index contributed by atoms with van der Waals surface area (Å²) in [6.45, 7) is 4.22. The lowest BCUT2D eigenvalue weighted by molar-refractivity contribution is -0.0332. The number of ether oxygens (including phenoxy) is 2. The van der Waals surface area contributed by atoms with Crippen LogP contribution in [-0.4, -0.2) is 36.2 Å². The minimum atomic E-state index is 0.226. The van der Waals surface area contributed by atoms with Gasteiger partial charge in [0.2, 0.25) is 0 Å². The van der Waals surface area contributed by atoms with Crippen LogP contribution in [0.25, 0.3) is 10.9 Å². The Morgan fingerprint density at radius 2 is 2.29 bits per heavy atom. The van der Waals surface area contributed by atoms with Crippen LogP contribution in [-0.2, 0) is 4.74 Å². The number of nitrogens with zero attached hydrogens (tertiary/aromatic N) is 1. The molecule has 0 amide bonds. The quantitative estimate of drug-likeness (QED) is 0.816. The highest BCUT2D eigenvalue weighted by molar-refractivity contribution is 5.87. The highest BCUT2D eigenvalue weighted by Crippen LogP contribution is 2.60. The fraction of sp³-hybridized carbons (Fsp3) is 0.500. The van der Waals surface area contributed by atoms with Crippen molar-refractivity contribution in [2.75, 3.05) is 20.3 Å². The number of benzene rings is 1. The van der Waals surface area contributed by atoms with E-state index in [9.17, 15) is 0 Å². The summed E-state index contributed by atoms with van der Waals surface area (Å²) in [7, 11) is 1.73. The summed E-state index contributed by atoms with van der Waals surface area (Å²) in [6, 6.07) is 7.47. The number of hydrogen-bond acceptors (Lipinski definition) is 3. The van der Waals surface area contributed by atoms with E-state index in [2.05, 4.69) is 41.1 Å². The van der Waals surface area contributed by atoms with Gasteiger partial charge in [-0.3, -0.25) is 4.90 Å². The molecule has 6 heterocycles. The molecule has 4 saturated heterocycles. The molecule has 7 rings (SSSR count). The van der Waals surface area contributed by atoms with E-state index < -0.39 is 0 Å². The van der Waals surface area contributed by atoms with Crippen molar-refractivity contribution >= 4 is 10.9 Å². The SMILES string of the molecule is C/C=C1\CN2[C@@H]3[C@H]4CO[C@@H]3c3c([nH]c5cc(OC)ccc35)[C@@H]2C[C@@H]14. The number of piperidine rings is 3. The predicted octanol–water partition coefficient (Wildman–Crippen LogP) is 3.57. The maximum atomic E-state index is 6.39.